The lowest BCUT2D eigenvalue weighted by Crippen LogP contribution is -2.30. The fourth-order valence-corrected chi connectivity index (χ4v) is 2.51. The second-order valence-corrected chi connectivity index (χ2v) is 5.12. The van der Waals surface area contributed by atoms with Crippen molar-refractivity contribution in [3.8, 4) is 0 Å². The number of rotatable bonds is 2. The van der Waals surface area contributed by atoms with E-state index in [4.69, 9.17) is 4.84 Å². The van der Waals surface area contributed by atoms with Gasteiger partial charge in [0.2, 0.25) is 0 Å². The molecular formula is C16H19NO. The highest BCUT2D eigenvalue weighted by atomic mass is 16.7. The van der Waals surface area contributed by atoms with E-state index in [2.05, 4.69) is 48.4 Å². The number of hydrogen-bond donors (Lipinski definition) is 0. The Labute approximate surface area is 109 Å². The standard InChI is InChI=1S/C16H19NO/c1-13-6-8-16(9-7-13)18-17-11-10-14-4-2-3-5-15(14)12-17/h2-6,8H,7,9-12H2,1H3. The maximum atomic E-state index is 5.99. The van der Waals surface area contributed by atoms with Crippen molar-refractivity contribution in [2.45, 2.75) is 32.7 Å². The Morgan fingerprint density at radius 2 is 1.83 bits per heavy atom. The zero-order valence-electron chi connectivity index (χ0n) is 10.9. The smallest absolute Gasteiger partial charge is 0.124 e. The van der Waals surface area contributed by atoms with Crippen molar-refractivity contribution in [2.75, 3.05) is 6.54 Å². The maximum absolute atomic E-state index is 5.99. The summed E-state index contributed by atoms with van der Waals surface area (Å²) in [6.45, 7) is 4.05. The predicted molar refractivity (Wildman–Crippen MR) is 72.7 cm³/mol. The van der Waals surface area contributed by atoms with Crippen LogP contribution in [0.4, 0.5) is 0 Å². The maximum Gasteiger partial charge on any atom is 0.124 e. The molecule has 0 fully saturated rings. The van der Waals surface area contributed by atoms with Gasteiger partial charge in [-0.25, -0.2) is 0 Å². The fourth-order valence-electron chi connectivity index (χ4n) is 2.51. The molecule has 0 amide bonds. The zero-order chi connectivity index (χ0) is 12.4. The third kappa shape index (κ3) is 2.49. The number of allylic oxidation sites excluding steroid dienone is 4. The van der Waals surface area contributed by atoms with Crippen molar-refractivity contribution in [3.05, 3.63) is 58.9 Å². The molecule has 1 aliphatic carbocycles. The molecule has 2 aliphatic rings. The summed E-state index contributed by atoms with van der Waals surface area (Å²) >= 11 is 0. The summed E-state index contributed by atoms with van der Waals surface area (Å²) in [5.74, 6) is 1.10. The van der Waals surface area contributed by atoms with E-state index in [-0.39, 0.29) is 0 Å². The van der Waals surface area contributed by atoms with Gasteiger partial charge >= 0.3 is 0 Å². The Hall–Kier alpha value is -1.54. The van der Waals surface area contributed by atoms with Crippen molar-refractivity contribution in [1.29, 1.82) is 0 Å². The normalized spacial score (nSPS) is 19.8. The lowest BCUT2D eigenvalue weighted by molar-refractivity contribution is -0.134. The van der Waals surface area contributed by atoms with Gasteiger partial charge in [-0.05, 0) is 37.0 Å². The van der Waals surface area contributed by atoms with Gasteiger partial charge in [-0.3, -0.25) is 0 Å². The quantitative estimate of drug-likeness (QED) is 0.784. The molecule has 0 spiro atoms. The molecule has 0 saturated carbocycles. The second kappa shape index (κ2) is 4.99. The van der Waals surface area contributed by atoms with Crippen molar-refractivity contribution in [1.82, 2.24) is 5.06 Å². The second-order valence-electron chi connectivity index (χ2n) is 5.12. The van der Waals surface area contributed by atoms with Crippen LogP contribution < -0.4 is 0 Å². The first-order valence-corrected chi connectivity index (χ1v) is 6.67. The van der Waals surface area contributed by atoms with Gasteiger partial charge in [0.05, 0.1) is 6.54 Å². The van der Waals surface area contributed by atoms with E-state index in [1.807, 2.05) is 0 Å². The highest BCUT2D eigenvalue weighted by Crippen LogP contribution is 2.23. The number of benzene rings is 1. The van der Waals surface area contributed by atoms with Crippen LogP contribution in [0, 0.1) is 0 Å². The Bertz CT molecular complexity index is 502. The van der Waals surface area contributed by atoms with E-state index >= 15 is 0 Å². The van der Waals surface area contributed by atoms with E-state index in [1.165, 1.54) is 16.7 Å². The van der Waals surface area contributed by atoms with Gasteiger partial charge in [-0.2, -0.15) is 0 Å². The van der Waals surface area contributed by atoms with Crippen LogP contribution in [0.3, 0.4) is 0 Å². The largest absolute Gasteiger partial charge is 0.410 e. The lowest BCUT2D eigenvalue weighted by Gasteiger charge is -2.29. The fraction of sp³-hybridized carbons (Fsp3) is 0.375. The molecule has 1 aliphatic heterocycles. The summed E-state index contributed by atoms with van der Waals surface area (Å²) in [7, 11) is 0. The molecule has 94 valence electrons. The third-order valence-electron chi connectivity index (χ3n) is 3.66. The first-order chi connectivity index (χ1) is 8.81. The van der Waals surface area contributed by atoms with Crippen LogP contribution in [0.5, 0.6) is 0 Å². The highest BCUT2D eigenvalue weighted by molar-refractivity contribution is 5.28. The minimum absolute atomic E-state index is 0.899. The SMILES string of the molecule is CC1=CC=C(ON2CCc3ccccc3C2)CC1. The minimum Gasteiger partial charge on any atom is -0.410 e. The van der Waals surface area contributed by atoms with E-state index in [0.717, 1.165) is 38.1 Å². The summed E-state index contributed by atoms with van der Waals surface area (Å²) in [4.78, 5) is 5.99. The van der Waals surface area contributed by atoms with Crippen molar-refractivity contribution < 1.29 is 4.84 Å². The topological polar surface area (TPSA) is 12.5 Å². The molecule has 18 heavy (non-hydrogen) atoms. The average molecular weight is 241 g/mol. The van der Waals surface area contributed by atoms with Gasteiger partial charge in [0, 0.05) is 13.0 Å². The zero-order valence-corrected chi connectivity index (χ0v) is 10.9. The van der Waals surface area contributed by atoms with Gasteiger partial charge in [0.15, 0.2) is 0 Å². The van der Waals surface area contributed by atoms with Gasteiger partial charge in [-0.1, -0.05) is 35.9 Å². The van der Waals surface area contributed by atoms with E-state index < -0.39 is 0 Å². The third-order valence-corrected chi connectivity index (χ3v) is 3.66. The summed E-state index contributed by atoms with van der Waals surface area (Å²) in [6.07, 6.45) is 7.51. The van der Waals surface area contributed by atoms with Crippen LogP contribution in [-0.4, -0.2) is 11.6 Å². The molecule has 2 heteroatoms. The number of hydroxylamine groups is 2. The molecule has 0 N–H and O–H groups in total. The van der Waals surface area contributed by atoms with Crippen LogP contribution in [0.25, 0.3) is 0 Å². The van der Waals surface area contributed by atoms with Crippen LogP contribution in [-0.2, 0) is 17.8 Å². The van der Waals surface area contributed by atoms with E-state index in [0.29, 0.717) is 0 Å². The Morgan fingerprint density at radius 3 is 2.61 bits per heavy atom. The average Bonchev–Trinajstić information content (AvgIpc) is 2.41. The molecular weight excluding hydrogens is 222 g/mol. The van der Waals surface area contributed by atoms with Crippen LogP contribution in [0.1, 0.15) is 30.9 Å². The molecule has 1 aromatic carbocycles. The number of hydrogen-bond acceptors (Lipinski definition) is 2. The van der Waals surface area contributed by atoms with Crippen LogP contribution in [0.2, 0.25) is 0 Å². The Balaban J connectivity index is 1.66. The van der Waals surface area contributed by atoms with Gasteiger partial charge in [0.25, 0.3) is 0 Å². The molecule has 3 rings (SSSR count). The first-order valence-electron chi connectivity index (χ1n) is 6.67. The summed E-state index contributed by atoms with van der Waals surface area (Å²) in [5, 5.41) is 2.09. The van der Waals surface area contributed by atoms with Crippen molar-refractivity contribution in [3.63, 3.8) is 0 Å². The van der Waals surface area contributed by atoms with Crippen LogP contribution in [0.15, 0.2) is 47.7 Å². The molecule has 0 bridgehead atoms. The van der Waals surface area contributed by atoms with Gasteiger partial charge in [-0.15, -0.1) is 5.06 Å². The van der Waals surface area contributed by atoms with E-state index in [9.17, 15) is 0 Å². The Kier molecular flexibility index (Phi) is 3.20. The molecule has 1 aromatic rings. The summed E-state index contributed by atoms with van der Waals surface area (Å²) < 4.78 is 0. The predicted octanol–water partition coefficient (Wildman–Crippen LogP) is 3.60. The summed E-state index contributed by atoms with van der Waals surface area (Å²) in [6, 6.07) is 8.64. The van der Waals surface area contributed by atoms with E-state index in [1.54, 1.807) is 0 Å². The molecule has 0 saturated heterocycles. The molecule has 2 nitrogen and oxygen atoms in total. The molecule has 1 heterocycles. The van der Waals surface area contributed by atoms with Crippen molar-refractivity contribution >= 4 is 0 Å². The molecule has 0 atom stereocenters. The molecule has 0 radical (unpaired) electrons. The molecule has 0 unspecified atom stereocenters. The van der Waals surface area contributed by atoms with Crippen molar-refractivity contribution in [2.24, 2.45) is 0 Å². The van der Waals surface area contributed by atoms with Gasteiger partial charge in [0.1, 0.15) is 5.76 Å². The molecule has 0 aromatic heterocycles. The van der Waals surface area contributed by atoms with Crippen LogP contribution >= 0.6 is 0 Å². The van der Waals surface area contributed by atoms with Gasteiger partial charge < -0.3 is 4.84 Å². The highest BCUT2D eigenvalue weighted by Gasteiger charge is 2.18. The lowest BCUT2D eigenvalue weighted by atomic mass is 10.0. The minimum atomic E-state index is 0.899. The monoisotopic (exact) mass is 241 g/mol. The Morgan fingerprint density at radius 1 is 1.00 bits per heavy atom. The number of nitrogens with zero attached hydrogens (tertiary/aromatic N) is 1. The first kappa shape index (κ1) is 11.5. The summed E-state index contributed by atoms with van der Waals surface area (Å²) in [5.41, 5.74) is 4.30. The number of fused-ring (bicyclic) bond motifs is 1.